The summed E-state index contributed by atoms with van der Waals surface area (Å²) in [5, 5.41) is 0.869. The molecule has 0 radical (unpaired) electrons. The molecule has 0 amide bonds. The number of fused-ring (bicyclic) bond motifs is 1. The van der Waals surface area contributed by atoms with Gasteiger partial charge in [-0.1, -0.05) is 59.6 Å². The van der Waals surface area contributed by atoms with Crippen molar-refractivity contribution >= 4 is 22.6 Å². The summed E-state index contributed by atoms with van der Waals surface area (Å²) in [7, 11) is 0. The van der Waals surface area contributed by atoms with Gasteiger partial charge in [0, 0.05) is 17.0 Å². The van der Waals surface area contributed by atoms with Gasteiger partial charge in [0.05, 0.1) is 18.6 Å². The molecule has 152 valence electrons. The quantitative estimate of drug-likeness (QED) is 0.330. The summed E-state index contributed by atoms with van der Waals surface area (Å²) >= 11 is 6.08. The maximum atomic E-state index is 13.2. The van der Waals surface area contributed by atoms with Crippen LogP contribution in [0.3, 0.4) is 0 Å². The predicted octanol–water partition coefficient (Wildman–Crippen LogP) is 6.27. The second-order valence-corrected chi connectivity index (χ2v) is 7.40. The first-order valence-electron chi connectivity index (χ1n) is 9.76. The normalized spacial score (nSPS) is 10.9. The van der Waals surface area contributed by atoms with E-state index < -0.39 is 0 Å². The lowest BCUT2D eigenvalue weighted by Crippen LogP contribution is -2.13. The Balaban J connectivity index is 1.59. The first-order chi connectivity index (χ1) is 14.6. The topological polar surface area (TPSA) is 48.7 Å². The Morgan fingerprint density at radius 2 is 1.63 bits per heavy atom. The maximum absolute atomic E-state index is 13.2. The molecule has 1 aromatic heterocycles. The van der Waals surface area contributed by atoms with Crippen LogP contribution in [0.1, 0.15) is 12.0 Å². The van der Waals surface area contributed by atoms with Crippen LogP contribution in [0.4, 0.5) is 0 Å². The highest BCUT2D eigenvalue weighted by atomic mass is 35.5. The van der Waals surface area contributed by atoms with Crippen LogP contribution in [0.5, 0.6) is 11.5 Å². The molecule has 0 saturated heterocycles. The molecule has 0 atom stereocenters. The third-order valence-electron chi connectivity index (χ3n) is 4.67. The molecular formula is C25H21ClO4. The summed E-state index contributed by atoms with van der Waals surface area (Å²) in [6, 6.07) is 22.4. The van der Waals surface area contributed by atoms with Gasteiger partial charge in [0.25, 0.3) is 0 Å². The first-order valence-corrected chi connectivity index (χ1v) is 10.1. The van der Waals surface area contributed by atoms with Gasteiger partial charge in [-0.25, -0.2) is 0 Å². The van der Waals surface area contributed by atoms with E-state index in [1.165, 1.54) is 0 Å². The summed E-state index contributed by atoms with van der Waals surface area (Å²) in [5.74, 6) is 1.41. The minimum atomic E-state index is -0.238. The number of benzene rings is 3. The van der Waals surface area contributed by atoms with E-state index in [-0.39, 0.29) is 11.2 Å². The fourth-order valence-electron chi connectivity index (χ4n) is 3.12. The van der Waals surface area contributed by atoms with Crippen LogP contribution in [-0.4, -0.2) is 13.2 Å². The Morgan fingerprint density at radius 1 is 0.900 bits per heavy atom. The summed E-state index contributed by atoms with van der Waals surface area (Å²) < 4.78 is 17.7. The van der Waals surface area contributed by atoms with Gasteiger partial charge in [-0.15, -0.1) is 0 Å². The lowest BCUT2D eigenvalue weighted by atomic mass is 10.1. The van der Waals surface area contributed by atoms with E-state index in [0.29, 0.717) is 41.4 Å². The molecular weight excluding hydrogens is 400 g/mol. The fraction of sp³-hybridized carbons (Fsp3) is 0.160. The third kappa shape index (κ3) is 4.50. The van der Waals surface area contributed by atoms with Crippen LogP contribution in [0.15, 0.2) is 82.0 Å². The van der Waals surface area contributed by atoms with Crippen molar-refractivity contribution in [3.63, 3.8) is 0 Å². The van der Waals surface area contributed by atoms with Crippen LogP contribution in [0.25, 0.3) is 22.3 Å². The zero-order chi connectivity index (χ0) is 20.9. The van der Waals surface area contributed by atoms with Gasteiger partial charge in [0.1, 0.15) is 11.3 Å². The van der Waals surface area contributed by atoms with Crippen molar-refractivity contribution in [3.8, 4) is 22.8 Å². The Kier molecular flexibility index (Phi) is 6.05. The molecule has 0 aliphatic carbocycles. The molecule has 0 fully saturated rings. The van der Waals surface area contributed by atoms with Crippen molar-refractivity contribution in [2.24, 2.45) is 0 Å². The van der Waals surface area contributed by atoms with E-state index in [0.717, 1.165) is 16.9 Å². The second kappa shape index (κ2) is 9.06. The van der Waals surface area contributed by atoms with Crippen LogP contribution in [0.2, 0.25) is 5.02 Å². The highest BCUT2D eigenvalue weighted by Gasteiger charge is 2.18. The molecule has 30 heavy (non-hydrogen) atoms. The average Bonchev–Trinajstić information content (AvgIpc) is 2.76. The van der Waals surface area contributed by atoms with Crippen molar-refractivity contribution in [1.82, 2.24) is 0 Å². The number of aryl methyl sites for hydroxylation is 1. The van der Waals surface area contributed by atoms with Gasteiger partial charge >= 0.3 is 0 Å². The predicted molar refractivity (Wildman–Crippen MR) is 120 cm³/mol. The summed E-state index contributed by atoms with van der Waals surface area (Å²) in [6.45, 7) is 2.81. The van der Waals surface area contributed by atoms with Gasteiger partial charge in [-0.2, -0.15) is 0 Å². The summed E-state index contributed by atoms with van der Waals surface area (Å²) in [4.78, 5) is 13.2. The van der Waals surface area contributed by atoms with Crippen molar-refractivity contribution in [1.29, 1.82) is 0 Å². The summed E-state index contributed by atoms with van der Waals surface area (Å²) in [6.07, 6.45) is 0.620. The molecule has 0 unspecified atom stereocenters. The molecule has 4 nitrogen and oxygen atoms in total. The molecule has 0 aliphatic heterocycles. The van der Waals surface area contributed by atoms with Crippen molar-refractivity contribution in [2.45, 2.75) is 13.3 Å². The Labute approximate surface area is 179 Å². The molecule has 0 saturated carbocycles. The van der Waals surface area contributed by atoms with Gasteiger partial charge in [-0.3, -0.25) is 4.79 Å². The van der Waals surface area contributed by atoms with Crippen molar-refractivity contribution in [2.75, 3.05) is 13.2 Å². The first kappa shape index (κ1) is 20.0. The van der Waals surface area contributed by atoms with Gasteiger partial charge < -0.3 is 13.9 Å². The minimum absolute atomic E-state index is 0.188. The summed E-state index contributed by atoms with van der Waals surface area (Å²) in [5.41, 5.74) is 2.14. The monoisotopic (exact) mass is 420 g/mol. The van der Waals surface area contributed by atoms with Gasteiger partial charge in [0.2, 0.25) is 11.2 Å². The molecule has 4 aromatic rings. The lowest BCUT2D eigenvalue weighted by molar-refractivity contribution is 0.244. The second-order valence-electron chi connectivity index (χ2n) is 6.96. The van der Waals surface area contributed by atoms with Crippen molar-refractivity contribution in [3.05, 3.63) is 93.6 Å². The number of para-hydroxylation sites is 1. The van der Waals surface area contributed by atoms with Crippen LogP contribution in [0, 0.1) is 6.92 Å². The molecule has 1 heterocycles. The number of hydrogen-bond donors (Lipinski definition) is 0. The Bertz CT molecular complexity index is 1200. The smallest absolute Gasteiger partial charge is 0.235 e. The van der Waals surface area contributed by atoms with Gasteiger partial charge in [-0.05, 0) is 37.3 Å². The van der Waals surface area contributed by atoms with E-state index in [4.69, 9.17) is 25.5 Å². The van der Waals surface area contributed by atoms with E-state index >= 15 is 0 Å². The molecule has 0 aliphatic rings. The minimum Gasteiger partial charge on any atom is -0.493 e. The number of rotatable bonds is 7. The molecule has 0 N–H and O–H groups in total. The van der Waals surface area contributed by atoms with Gasteiger partial charge in [0.15, 0.2) is 5.76 Å². The highest BCUT2D eigenvalue weighted by Crippen LogP contribution is 2.32. The zero-order valence-electron chi connectivity index (χ0n) is 16.6. The fourth-order valence-corrected chi connectivity index (χ4v) is 3.29. The maximum Gasteiger partial charge on any atom is 0.235 e. The van der Waals surface area contributed by atoms with E-state index in [9.17, 15) is 4.79 Å². The molecule has 3 aromatic carbocycles. The van der Waals surface area contributed by atoms with Crippen LogP contribution in [-0.2, 0) is 0 Å². The third-order valence-corrected chi connectivity index (χ3v) is 4.91. The number of hydrogen-bond acceptors (Lipinski definition) is 4. The molecule has 5 heteroatoms. The van der Waals surface area contributed by atoms with Crippen molar-refractivity contribution < 1.29 is 13.9 Å². The molecule has 0 spiro atoms. The highest BCUT2D eigenvalue weighted by molar-refractivity contribution is 6.31. The Hall–Kier alpha value is -3.24. The van der Waals surface area contributed by atoms with E-state index in [1.807, 2.05) is 61.5 Å². The van der Waals surface area contributed by atoms with Crippen LogP contribution < -0.4 is 14.9 Å². The number of ether oxygens (including phenoxy) is 2. The largest absolute Gasteiger partial charge is 0.493 e. The molecule has 4 rings (SSSR count). The van der Waals surface area contributed by atoms with E-state index in [1.54, 1.807) is 18.2 Å². The average molecular weight is 421 g/mol. The van der Waals surface area contributed by atoms with Crippen LogP contribution >= 0.6 is 11.6 Å². The van der Waals surface area contributed by atoms with E-state index in [2.05, 4.69) is 0 Å². The standard InChI is InChI=1S/C25H21ClO4/c1-17-8-10-18(11-9-17)24-25(23(27)21-16-19(26)12-13-22(21)30-24)29-15-5-14-28-20-6-3-2-4-7-20/h2-4,6-13,16H,5,14-15H2,1H3. The molecule has 0 bridgehead atoms. The number of halogens is 1. The zero-order valence-corrected chi connectivity index (χ0v) is 17.3. The SMILES string of the molecule is Cc1ccc(-c2oc3ccc(Cl)cc3c(=O)c2OCCCOc2ccccc2)cc1. The Morgan fingerprint density at radius 3 is 2.40 bits per heavy atom. The lowest BCUT2D eigenvalue weighted by Gasteiger charge is -2.12.